The van der Waals surface area contributed by atoms with Gasteiger partial charge in [-0.15, -0.1) is 0 Å². The Morgan fingerprint density at radius 3 is 2.14 bits per heavy atom. The number of aryl methyl sites for hydroxylation is 1. The molecule has 0 heterocycles. The first-order valence-electron chi connectivity index (χ1n) is 7.35. The van der Waals surface area contributed by atoms with Crippen LogP contribution in [0.2, 0.25) is 0 Å². The molecule has 0 aromatic heterocycles. The van der Waals surface area contributed by atoms with Crippen molar-refractivity contribution in [2.24, 2.45) is 5.73 Å². The van der Waals surface area contributed by atoms with Gasteiger partial charge in [0.25, 0.3) is 0 Å². The van der Waals surface area contributed by atoms with Crippen LogP contribution < -0.4 is 11.1 Å². The van der Waals surface area contributed by atoms with E-state index in [1.54, 1.807) is 0 Å². The number of hydrogen-bond donors (Lipinski definition) is 2. The molecule has 0 saturated carbocycles. The monoisotopic (exact) mass is 282 g/mol. The molecule has 110 valence electrons. The lowest BCUT2D eigenvalue weighted by Gasteiger charge is -2.32. The highest BCUT2D eigenvalue weighted by Gasteiger charge is 2.36. The van der Waals surface area contributed by atoms with E-state index < -0.39 is 5.54 Å². The van der Waals surface area contributed by atoms with E-state index in [0.29, 0.717) is 6.42 Å². The number of nitrogens with two attached hydrogens (primary N) is 1. The fourth-order valence-corrected chi connectivity index (χ4v) is 2.54. The van der Waals surface area contributed by atoms with Crippen LogP contribution in [-0.2, 0) is 16.8 Å². The summed E-state index contributed by atoms with van der Waals surface area (Å²) in [7, 11) is 0. The number of carbonyl (C=O) groups excluding carboxylic acids is 1. The van der Waals surface area contributed by atoms with Crippen LogP contribution in [0.3, 0.4) is 0 Å². The molecule has 1 amide bonds. The summed E-state index contributed by atoms with van der Waals surface area (Å²) < 4.78 is 0. The molecule has 0 aliphatic heterocycles. The molecule has 0 radical (unpaired) electrons. The van der Waals surface area contributed by atoms with Gasteiger partial charge in [-0.05, 0) is 36.1 Å². The summed E-state index contributed by atoms with van der Waals surface area (Å²) in [4.78, 5) is 12.2. The van der Waals surface area contributed by atoms with Crippen molar-refractivity contribution in [2.75, 3.05) is 5.32 Å². The summed E-state index contributed by atoms with van der Waals surface area (Å²) in [5.74, 6) is -0.363. The highest BCUT2D eigenvalue weighted by atomic mass is 16.1. The molecule has 3 N–H and O–H groups in total. The maximum atomic E-state index is 12.2. The van der Waals surface area contributed by atoms with Crippen molar-refractivity contribution in [2.45, 2.75) is 32.2 Å². The molecular formula is C18H22N2O. The molecular weight excluding hydrogens is 260 g/mol. The Kier molecular flexibility index (Phi) is 4.63. The third-order valence-electron chi connectivity index (χ3n) is 3.94. The molecule has 0 saturated heterocycles. The lowest BCUT2D eigenvalue weighted by Crippen LogP contribution is -2.47. The van der Waals surface area contributed by atoms with E-state index in [9.17, 15) is 4.79 Å². The Balaban J connectivity index is 2.42. The Labute approximate surface area is 126 Å². The molecule has 2 aromatic carbocycles. The molecule has 2 aromatic rings. The number of primary amides is 1. The predicted octanol–water partition coefficient (Wildman–Crippen LogP) is 3.45. The Morgan fingerprint density at radius 1 is 1.05 bits per heavy atom. The normalized spacial score (nSPS) is 13.4. The van der Waals surface area contributed by atoms with E-state index in [-0.39, 0.29) is 5.91 Å². The quantitative estimate of drug-likeness (QED) is 0.852. The average Bonchev–Trinajstić information content (AvgIpc) is 2.53. The van der Waals surface area contributed by atoms with Gasteiger partial charge in [-0.3, -0.25) is 4.79 Å². The second kappa shape index (κ2) is 6.44. The summed E-state index contributed by atoms with van der Waals surface area (Å²) in [6.45, 7) is 4.08. The molecule has 1 atom stereocenters. The zero-order valence-electron chi connectivity index (χ0n) is 12.6. The van der Waals surface area contributed by atoms with Gasteiger partial charge < -0.3 is 11.1 Å². The lowest BCUT2D eigenvalue weighted by molar-refractivity contribution is -0.122. The summed E-state index contributed by atoms with van der Waals surface area (Å²) >= 11 is 0. The molecule has 3 heteroatoms. The van der Waals surface area contributed by atoms with Crippen LogP contribution in [0.25, 0.3) is 0 Å². The van der Waals surface area contributed by atoms with E-state index in [0.717, 1.165) is 17.7 Å². The Bertz CT molecular complexity index is 592. The molecule has 0 spiro atoms. The molecule has 0 aliphatic carbocycles. The number of anilines is 1. The van der Waals surface area contributed by atoms with Crippen LogP contribution in [-0.4, -0.2) is 5.91 Å². The minimum absolute atomic E-state index is 0.363. The molecule has 21 heavy (non-hydrogen) atoms. The van der Waals surface area contributed by atoms with E-state index >= 15 is 0 Å². The van der Waals surface area contributed by atoms with Gasteiger partial charge in [0.15, 0.2) is 0 Å². The van der Waals surface area contributed by atoms with Crippen molar-refractivity contribution in [1.29, 1.82) is 0 Å². The highest BCUT2D eigenvalue weighted by molar-refractivity contribution is 5.89. The maximum absolute atomic E-state index is 12.2. The van der Waals surface area contributed by atoms with Gasteiger partial charge in [-0.2, -0.15) is 0 Å². The third kappa shape index (κ3) is 3.07. The molecule has 0 aliphatic rings. The summed E-state index contributed by atoms with van der Waals surface area (Å²) in [6.07, 6.45) is 1.56. The SMILES string of the molecule is CCc1ccc(C(CC)(Nc2ccccc2)C(N)=O)cc1. The van der Waals surface area contributed by atoms with Crippen molar-refractivity contribution in [1.82, 2.24) is 0 Å². The zero-order chi connectivity index (χ0) is 15.3. The number of rotatable bonds is 6. The van der Waals surface area contributed by atoms with Crippen molar-refractivity contribution < 1.29 is 4.79 Å². The second-order valence-electron chi connectivity index (χ2n) is 5.16. The molecule has 0 fully saturated rings. The fraction of sp³-hybridized carbons (Fsp3) is 0.278. The van der Waals surface area contributed by atoms with Crippen LogP contribution >= 0.6 is 0 Å². The third-order valence-corrected chi connectivity index (χ3v) is 3.94. The number of benzene rings is 2. The van der Waals surface area contributed by atoms with Gasteiger partial charge in [0.2, 0.25) is 5.91 Å². The topological polar surface area (TPSA) is 55.1 Å². The van der Waals surface area contributed by atoms with E-state index in [1.165, 1.54) is 5.56 Å². The molecule has 3 nitrogen and oxygen atoms in total. The Morgan fingerprint density at radius 2 is 1.67 bits per heavy atom. The lowest BCUT2D eigenvalue weighted by atomic mass is 9.85. The zero-order valence-corrected chi connectivity index (χ0v) is 12.6. The van der Waals surface area contributed by atoms with Crippen LogP contribution in [0, 0.1) is 0 Å². The number of carbonyl (C=O) groups is 1. The minimum atomic E-state index is -0.881. The van der Waals surface area contributed by atoms with E-state index in [1.807, 2.05) is 49.4 Å². The first-order valence-corrected chi connectivity index (χ1v) is 7.35. The maximum Gasteiger partial charge on any atom is 0.247 e. The van der Waals surface area contributed by atoms with Crippen LogP contribution in [0.15, 0.2) is 54.6 Å². The number of para-hydroxylation sites is 1. The van der Waals surface area contributed by atoms with Gasteiger partial charge in [0, 0.05) is 5.69 Å². The number of hydrogen-bond acceptors (Lipinski definition) is 2. The molecule has 1 unspecified atom stereocenters. The summed E-state index contributed by atoms with van der Waals surface area (Å²) in [5, 5.41) is 3.32. The van der Waals surface area contributed by atoms with Gasteiger partial charge in [0.05, 0.1) is 0 Å². The van der Waals surface area contributed by atoms with E-state index in [2.05, 4.69) is 24.4 Å². The summed E-state index contributed by atoms with van der Waals surface area (Å²) in [6, 6.07) is 17.8. The van der Waals surface area contributed by atoms with E-state index in [4.69, 9.17) is 5.73 Å². The van der Waals surface area contributed by atoms with Crippen LogP contribution in [0.1, 0.15) is 31.4 Å². The number of amides is 1. The van der Waals surface area contributed by atoms with Crippen LogP contribution in [0.5, 0.6) is 0 Å². The molecule has 0 bridgehead atoms. The number of nitrogens with one attached hydrogen (secondary N) is 1. The van der Waals surface area contributed by atoms with Crippen molar-refractivity contribution in [3.63, 3.8) is 0 Å². The largest absolute Gasteiger partial charge is 0.368 e. The van der Waals surface area contributed by atoms with Crippen molar-refractivity contribution in [3.8, 4) is 0 Å². The highest BCUT2D eigenvalue weighted by Crippen LogP contribution is 2.30. The minimum Gasteiger partial charge on any atom is -0.368 e. The van der Waals surface area contributed by atoms with Gasteiger partial charge in [-0.25, -0.2) is 0 Å². The van der Waals surface area contributed by atoms with Gasteiger partial charge >= 0.3 is 0 Å². The van der Waals surface area contributed by atoms with Crippen molar-refractivity contribution >= 4 is 11.6 Å². The summed E-state index contributed by atoms with van der Waals surface area (Å²) in [5.41, 5.74) is 7.88. The first kappa shape index (κ1) is 15.1. The predicted molar refractivity (Wildman–Crippen MR) is 87.0 cm³/mol. The first-order chi connectivity index (χ1) is 10.1. The average molecular weight is 282 g/mol. The van der Waals surface area contributed by atoms with Crippen molar-refractivity contribution in [3.05, 3.63) is 65.7 Å². The standard InChI is InChI=1S/C18H22N2O/c1-3-14-10-12-15(13-11-14)18(4-2,17(19)21)20-16-8-6-5-7-9-16/h5-13,20H,3-4H2,1-2H3,(H2,19,21). The molecule has 2 rings (SSSR count). The van der Waals surface area contributed by atoms with Gasteiger partial charge in [-0.1, -0.05) is 56.3 Å². The Hall–Kier alpha value is -2.29. The van der Waals surface area contributed by atoms with Gasteiger partial charge in [0.1, 0.15) is 5.54 Å². The van der Waals surface area contributed by atoms with Crippen LogP contribution in [0.4, 0.5) is 5.69 Å². The second-order valence-corrected chi connectivity index (χ2v) is 5.16. The fourth-order valence-electron chi connectivity index (χ4n) is 2.54. The smallest absolute Gasteiger partial charge is 0.247 e.